The number of thioether (sulfide) groups is 1. The van der Waals surface area contributed by atoms with Gasteiger partial charge in [0, 0.05) is 17.1 Å². The van der Waals surface area contributed by atoms with Gasteiger partial charge in [0.1, 0.15) is 0 Å². The maximum Gasteiger partial charge on any atom is 0.306 e. The molecule has 1 amide bonds. The summed E-state index contributed by atoms with van der Waals surface area (Å²) < 4.78 is 4.55. The third-order valence-corrected chi connectivity index (χ3v) is 3.32. The highest BCUT2D eigenvalue weighted by atomic mass is 32.2. The van der Waals surface area contributed by atoms with E-state index >= 15 is 0 Å². The minimum absolute atomic E-state index is 0.197. The number of esters is 1. The molecule has 98 valence electrons. The van der Waals surface area contributed by atoms with Crippen molar-refractivity contribution in [2.45, 2.75) is 12.2 Å². The molecule has 5 nitrogen and oxygen atoms in total. The third-order valence-electron chi connectivity index (χ3n) is 2.29. The summed E-state index contributed by atoms with van der Waals surface area (Å²) in [6.45, 7) is 0. The SMILES string of the molecule is COC(=O)CCSCc1ccc(C(=O)NN)cc1. The molecule has 0 heterocycles. The first kappa shape index (κ1) is 14.5. The predicted octanol–water partition coefficient (Wildman–Crippen LogP) is 1.09. The lowest BCUT2D eigenvalue weighted by atomic mass is 10.1. The largest absolute Gasteiger partial charge is 0.469 e. The molecule has 0 aliphatic rings. The molecule has 0 saturated heterocycles. The minimum Gasteiger partial charge on any atom is -0.469 e. The quantitative estimate of drug-likeness (QED) is 0.265. The molecule has 0 radical (unpaired) electrons. The van der Waals surface area contributed by atoms with Crippen LogP contribution in [0, 0.1) is 0 Å². The van der Waals surface area contributed by atoms with Crippen LogP contribution in [0.4, 0.5) is 0 Å². The highest BCUT2D eigenvalue weighted by Crippen LogP contribution is 2.14. The van der Waals surface area contributed by atoms with Gasteiger partial charge < -0.3 is 4.74 Å². The zero-order valence-corrected chi connectivity index (χ0v) is 11.0. The maximum atomic E-state index is 11.2. The summed E-state index contributed by atoms with van der Waals surface area (Å²) in [5, 5.41) is 0. The average molecular weight is 268 g/mol. The fourth-order valence-corrected chi connectivity index (χ4v) is 2.17. The number of carbonyl (C=O) groups excluding carboxylic acids is 2. The highest BCUT2D eigenvalue weighted by Gasteiger charge is 2.03. The van der Waals surface area contributed by atoms with E-state index in [1.54, 1.807) is 23.9 Å². The number of benzene rings is 1. The normalized spacial score (nSPS) is 9.89. The number of nitrogens with one attached hydrogen (secondary N) is 1. The summed E-state index contributed by atoms with van der Waals surface area (Å²) in [7, 11) is 1.38. The number of nitrogens with two attached hydrogens (primary N) is 1. The molecule has 0 bridgehead atoms. The van der Waals surface area contributed by atoms with Crippen molar-refractivity contribution in [2.75, 3.05) is 12.9 Å². The van der Waals surface area contributed by atoms with Crippen LogP contribution in [0.25, 0.3) is 0 Å². The van der Waals surface area contributed by atoms with E-state index in [2.05, 4.69) is 10.2 Å². The van der Waals surface area contributed by atoms with E-state index in [1.165, 1.54) is 7.11 Å². The van der Waals surface area contributed by atoms with Crippen LogP contribution in [0.5, 0.6) is 0 Å². The highest BCUT2D eigenvalue weighted by molar-refractivity contribution is 7.98. The van der Waals surface area contributed by atoms with Gasteiger partial charge in [-0.25, -0.2) is 5.84 Å². The Labute approximate surface area is 110 Å². The van der Waals surface area contributed by atoms with Crippen molar-refractivity contribution in [1.29, 1.82) is 0 Å². The smallest absolute Gasteiger partial charge is 0.306 e. The van der Waals surface area contributed by atoms with Crippen molar-refractivity contribution in [3.63, 3.8) is 0 Å². The maximum absolute atomic E-state index is 11.2. The molecule has 0 fully saturated rings. The number of hydrazine groups is 1. The number of ether oxygens (including phenoxy) is 1. The van der Waals surface area contributed by atoms with Gasteiger partial charge in [-0.05, 0) is 17.7 Å². The van der Waals surface area contributed by atoms with Crippen molar-refractivity contribution in [3.8, 4) is 0 Å². The molecule has 3 N–H and O–H groups in total. The number of hydrogen-bond acceptors (Lipinski definition) is 5. The number of rotatable bonds is 6. The molecule has 0 aliphatic heterocycles. The van der Waals surface area contributed by atoms with Gasteiger partial charge in [-0.3, -0.25) is 15.0 Å². The second-order valence-corrected chi connectivity index (χ2v) is 4.65. The summed E-state index contributed by atoms with van der Waals surface area (Å²) in [5.41, 5.74) is 3.70. The van der Waals surface area contributed by atoms with Crippen LogP contribution in [-0.2, 0) is 15.3 Å². The number of amides is 1. The summed E-state index contributed by atoms with van der Waals surface area (Å²) >= 11 is 1.64. The van der Waals surface area contributed by atoms with Gasteiger partial charge in [-0.2, -0.15) is 11.8 Å². The van der Waals surface area contributed by atoms with E-state index in [-0.39, 0.29) is 11.9 Å². The average Bonchev–Trinajstić information content (AvgIpc) is 2.43. The Kier molecular flexibility index (Phi) is 6.24. The first-order valence-electron chi connectivity index (χ1n) is 5.42. The molecule has 1 aromatic carbocycles. The van der Waals surface area contributed by atoms with Crippen LogP contribution in [0.1, 0.15) is 22.3 Å². The fraction of sp³-hybridized carbons (Fsp3) is 0.333. The van der Waals surface area contributed by atoms with Crippen LogP contribution in [0.2, 0.25) is 0 Å². The molecular formula is C12H16N2O3S. The van der Waals surface area contributed by atoms with Gasteiger partial charge in [0.05, 0.1) is 13.5 Å². The van der Waals surface area contributed by atoms with E-state index in [4.69, 9.17) is 5.84 Å². The van der Waals surface area contributed by atoms with Gasteiger partial charge in [0.15, 0.2) is 0 Å². The Morgan fingerprint density at radius 3 is 2.56 bits per heavy atom. The van der Waals surface area contributed by atoms with E-state index in [1.807, 2.05) is 12.1 Å². The summed E-state index contributed by atoms with van der Waals surface area (Å²) in [5.74, 6) is 6.05. The van der Waals surface area contributed by atoms with Crippen molar-refractivity contribution in [1.82, 2.24) is 5.43 Å². The number of nitrogen functional groups attached to an aromatic ring is 1. The van der Waals surface area contributed by atoms with Crippen molar-refractivity contribution >= 4 is 23.6 Å². The molecule has 6 heteroatoms. The van der Waals surface area contributed by atoms with Gasteiger partial charge in [0.2, 0.25) is 0 Å². The summed E-state index contributed by atoms with van der Waals surface area (Å²) in [6, 6.07) is 7.18. The molecule has 1 rings (SSSR count). The molecule has 0 aromatic heterocycles. The molecule has 0 unspecified atom stereocenters. The molecule has 1 aromatic rings. The van der Waals surface area contributed by atoms with Gasteiger partial charge in [-0.15, -0.1) is 0 Å². The summed E-state index contributed by atoms with van der Waals surface area (Å²) in [6.07, 6.45) is 0.412. The molecule has 0 spiro atoms. The Morgan fingerprint density at radius 2 is 2.00 bits per heavy atom. The van der Waals surface area contributed by atoms with Crippen LogP contribution < -0.4 is 11.3 Å². The van der Waals surface area contributed by atoms with Gasteiger partial charge in [0.25, 0.3) is 5.91 Å². The third kappa shape index (κ3) is 4.77. The van der Waals surface area contributed by atoms with Gasteiger partial charge >= 0.3 is 5.97 Å². The van der Waals surface area contributed by atoms with Crippen LogP contribution in [-0.4, -0.2) is 24.7 Å². The molecular weight excluding hydrogens is 252 g/mol. The Bertz CT molecular complexity index is 406. The minimum atomic E-state index is -0.306. The second-order valence-electron chi connectivity index (χ2n) is 3.55. The van der Waals surface area contributed by atoms with Crippen molar-refractivity contribution < 1.29 is 14.3 Å². The fourth-order valence-electron chi connectivity index (χ4n) is 1.28. The standard InChI is InChI=1S/C12H16N2O3S/c1-17-11(15)6-7-18-8-9-2-4-10(5-3-9)12(16)14-13/h2-5H,6-8,13H2,1H3,(H,14,16). The lowest BCUT2D eigenvalue weighted by Gasteiger charge is -2.03. The Balaban J connectivity index is 2.35. The number of methoxy groups -OCH3 is 1. The monoisotopic (exact) mass is 268 g/mol. The first-order chi connectivity index (χ1) is 8.67. The Morgan fingerprint density at radius 1 is 1.33 bits per heavy atom. The molecule has 18 heavy (non-hydrogen) atoms. The van der Waals surface area contributed by atoms with E-state index in [9.17, 15) is 9.59 Å². The van der Waals surface area contributed by atoms with Crippen LogP contribution in [0.15, 0.2) is 24.3 Å². The van der Waals surface area contributed by atoms with E-state index in [0.29, 0.717) is 12.0 Å². The Hall–Kier alpha value is -1.53. The molecule has 0 saturated carbocycles. The zero-order chi connectivity index (χ0) is 13.4. The van der Waals surface area contributed by atoms with Crippen molar-refractivity contribution in [2.24, 2.45) is 5.84 Å². The topological polar surface area (TPSA) is 81.4 Å². The number of hydrogen-bond donors (Lipinski definition) is 2. The van der Waals surface area contributed by atoms with E-state index < -0.39 is 0 Å². The lowest BCUT2D eigenvalue weighted by molar-refractivity contribution is -0.140. The zero-order valence-electron chi connectivity index (χ0n) is 10.1. The van der Waals surface area contributed by atoms with Crippen LogP contribution in [0.3, 0.4) is 0 Å². The second kappa shape index (κ2) is 7.73. The predicted molar refractivity (Wildman–Crippen MR) is 70.9 cm³/mol. The number of carbonyl (C=O) groups is 2. The lowest BCUT2D eigenvalue weighted by Crippen LogP contribution is -2.29. The summed E-state index contributed by atoms with van der Waals surface area (Å²) in [4.78, 5) is 22.1. The molecule has 0 atom stereocenters. The molecule has 0 aliphatic carbocycles. The van der Waals surface area contributed by atoms with Crippen molar-refractivity contribution in [3.05, 3.63) is 35.4 Å². The van der Waals surface area contributed by atoms with E-state index in [0.717, 1.165) is 17.1 Å². The first-order valence-corrected chi connectivity index (χ1v) is 6.57. The van der Waals surface area contributed by atoms with Crippen LogP contribution >= 0.6 is 11.8 Å². The van der Waals surface area contributed by atoms with Gasteiger partial charge in [-0.1, -0.05) is 12.1 Å².